The van der Waals surface area contributed by atoms with Crippen LogP contribution in [0, 0.1) is 12.7 Å². The van der Waals surface area contributed by atoms with Gasteiger partial charge in [-0.05, 0) is 30.2 Å². The summed E-state index contributed by atoms with van der Waals surface area (Å²) in [6.45, 7) is 2.52. The summed E-state index contributed by atoms with van der Waals surface area (Å²) in [6.07, 6.45) is 4.48. The summed E-state index contributed by atoms with van der Waals surface area (Å²) in [7, 11) is 1.87. The normalized spacial score (nSPS) is 12.5. The first kappa shape index (κ1) is 14.5. The number of aliphatic hydroxyl groups excluding tert-OH is 1. The molecular weight excluding hydrogens is 283 g/mol. The van der Waals surface area contributed by atoms with Gasteiger partial charge < -0.3 is 9.67 Å². The average molecular weight is 300 g/mol. The van der Waals surface area contributed by atoms with Crippen molar-refractivity contribution < 1.29 is 9.50 Å². The molecule has 114 valence electrons. The fourth-order valence-corrected chi connectivity index (χ4v) is 2.47. The van der Waals surface area contributed by atoms with Crippen molar-refractivity contribution in [2.45, 2.75) is 19.6 Å². The highest BCUT2D eigenvalue weighted by molar-refractivity contribution is 5.24. The van der Waals surface area contributed by atoms with Gasteiger partial charge in [0, 0.05) is 25.6 Å². The van der Waals surface area contributed by atoms with Crippen LogP contribution in [0.1, 0.15) is 28.7 Å². The number of rotatable bonds is 4. The van der Waals surface area contributed by atoms with Gasteiger partial charge in [-0.1, -0.05) is 12.1 Å². The van der Waals surface area contributed by atoms with E-state index in [-0.39, 0.29) is 5.82 Å². The smallest absolute Gasteiger partial charge is 0.142 e. The first-order valence-electron chi connectivity index (χ1n) is 6.98. The summed E-state index contributed by atoms with van der Waals surface area (Å²) in [4.78, 5) is 4.23. The zero-order valence-corrected chi connectivity index (χ0v) is 12.4. The Morgan fingerprint density at radius 1 is 1.27 bits per heavy atom. The molecule has 0 saturated carbocycles. The van der Waals surface area contributed by atoms with Gasteiger partial charge in [-0.3, -0.25) is 4.68 Å². The molecule has 0 aliphatic rings. The van der Waals surface area contributed by atoms with Crippen molar-refractivity contribution in [3.8, 4) is 0 Å². The van der Waals surface area contributed by atoms with Gasteiger partial charge >= 0.3 is 0 Å². The molecule has 2 aromatic heterocycles. The number of benzene rings is 1. The number of halogens is 1. The number of aryl methyl sites for hydroxylation is 2. The van der Waals surface area contributed by atoms with E-state index in [1.807, 2.05) is 24.7 Å². The molecular formula is C16H17FN4O. The van der Waals surface area contributed by atoms with E-state index in [1.54, 1.807) is 29.2 Å². The quantitative estimate of drug-likeness (QED) is 0.803. The summed E-state index contributed by atoms with van der Waals surface area (Å²) >= 11 is 0. The maximum atomic E-state index is 13.0. The minimum Gasteiger partial charge on any atom is -0.380 e. The molecule has 1 unspecified atom stereocenters. The molecule has 3 rings (SSSR count). The molecule has 6 heteroatoms. The highest BCUT2D eigenvalue weighted by atomic mass is 19.1. The van der Waals surface area contributed by atoms with E-state index in [1.165, 1.54) is 12.1 Å². The minimum atomic E-state index is -0.903. The molecule has 0 aliphatic heterocycles. The van der Waals surface area contributed by atoms with Crippen LogP contribution in [0.5, 0.6) is 0 Å². The van der Waals surface area contributed by atoms with Gasteiger partial charge in [0.25, 0.3) is 0 Å². The van der Waals surface area contributed by atoms with Gasteiger partial charge in [-0.2, -0.15) is 5.10 Å². The maximum Gasteiger partial charge on any atom is 0.142 e. The van der Waals surface area contributed by atoms with Crippen LogP contribution in [0.15, 0.2) is 42.9 Å². The van der Waals surface area contributed by atoms with Crippen LogP contribution in [-0.4, -0.2) is 24.4 Å². The van der Waals surface area contributed by atoms with Gasteiger partial charge in [-0.15, -0.1) is 0 Å². The summed E-state index contributed by atoms with van der Waals surface area (Å²) in [5, 5.41) is 14.9. The summed E-state index contributed by atoms with van der Waals surface area (Å²) in [6, 6.07) is 5.78. The lowest BCUT2D eigenvalue weighted by Gasteiger charge is -2.13. The summed E-state index contributed by atoms with van der Waals surface area (Å²) in [5.41, 5.74) is 2.61. The van der Waals surface area contributed by atoms with Crippen LogP contribution in [0.2, 0.25) is 0 Å². The van der Waals surface area contributed by atoms with E-state index in [0.29, 0.717) is 17.9 Å². The Morgan fingerprint density at radius 2 is 2.00 bits per heavy atom. The molecule has 0 spiro atoms. The molecule has 22 heavy (non-hydrogen) atoms. The second kappa shape index (κ2) is 5.73. The molecule has 5 nitrogen and oxygen atoms in total. The molecule has 1 aromatic carbocycles. The predicted molar refractivity (Wildman–Crippen MR) is 79.7 cm³/mol. The molecule has 0 bridgehead atoms. The molecule has 0 fully saturated rings. The fourth-order valence-electron chi connectivity index (χ4n) is 2.47. The van der Waals surface area contributed by atoms with E-state index < -0.39 is 6.10 Å². The monoisotopic (exact) mass is 300 g/mol. The van der Waals surface area contributed by atoms with E-state index in [9.17, 15) is 9.50 Å². The topological polar surface area (TPSA) is 55.9 Å². The number of aromatic nitrogens is 4. The third-order valence-electron chi connectivity index (χ3n) is 3.61. The number of nitrogens with zero attached hydrogens (tertiary/aromatic N) is 4. The lowest BCUT2D eigenvalue weighted by molar-refractivity contribution is 0.205. The van der Waals surface area contributed by atoms with Crippen LogP contribution in [0.25, 0.3) is 0 Å². The molecule has 1 N–H and O–H groups in total. The van der Waals surface area contributed by atoms with Crippen LogP contribution in [0.3, 0.4) is 0 Å². The Morgan fingerprint density at radius 3 is 2.64 bits per heavy atom. The highest BCUT2D eigenvalue weighted by Gasteiger charge is 2.17. The second-order valence-electron chi connectivity index (χ2n) is 5.30. The first-order valence-corrected chi connectivity index (χ1v) is 6.98. The third kappa shape index (κ3) is 2.78. The SMILES string of the molecule is Cc1cn(C)nc1Cn1ccnc1C(O)c1ccc(F)cc1. The standard InChI is InChI=1S/C16H17FN4O/c1-11-9-20(2)19-14(11)10-21-8-7-18-16(21)15(22)12-3-5-13(17)6-4-12/h3-9,15,22H,10H2,1-2H3. The van der Waals surface area contributed by atoms with Crippen LogP contribution < -0.4 is 0 Å². The molecule has 0 saturated heterocycles. The number of hydrogen-bond acceptors (Lipinski definition) is 3. The van der Waals surface area contributed by atoms with Crippen molar-refractivity contribution in [2.75, 3.05) is 0 Å². The number of hydrogen-bond donors (Lipinski definition) is 1. The summed E-state index contributed by atoms with van der Waals surface area (Å²) < 4.78 is 16.6. The molecule has 2 heterocycles. The lowest BCUT2D eigenvalue weighted by Crippen LogP contribution is -2.11. The number of aliphatic hydroxyl groups is 1. The van der Waals surface area contributed by atoms with Crippen molar-refractivity contribution in [1.82, 2.24) is 19.3 Å². The Labute approximate surface area is 127 Å². The van der Waals surface area contributed by atoms with E-state index >= 15 is 0 Å². The van der Waals surface area contributed by atoms with Crippen LogP contribution in [0.4, 0.5) is 4.39 Å². The van der Waals surface area contributed by atoms with E-state index in [0.717, 1.165) is 11.3 Å². The van der Waals surface area contributed by atoms with Gasteiger partial charge in [-0.25, -0.2) is 9.37 Å². The Bertz CT molecular complexity index is 776. The van der Waals surface area contributed by atoms with Gasteiger partial charge in [0.1, 0.15) is 17.7 Å². The summed E-state index contributed by atoms with van der Waals surface area (Å²) in [5.74, 6) is 0.181. The fraction of sp³-hybridized carbons (Fsp3) is 0.250. The van der Waals surface area contributed by atoms with Crippen molar-refractivity contribution in [1.29, 1.82) is 0 Å². The highest BCUT2D eigenvalue weighted by Crippen LogP contribution is 2.21. The minimum absolute atomic E-state index is 0.330. The van der Waals surface area contributed by atoms with Crippen LogP contribution in [-0.2, 0) is 13.6 Å². The predicted octanol–water partition coefficient (Wildman–Crippen LogP) is 2.19. The lowest BCUT2D eigenvalue weighted by atomic mass is 10.1. The van der Waals surface area contributed by atoms with Gasteiger partial charge in [0.2, 0.25) is 0 Å². The maximum absolute atomic E-state index is 13.0. The van der Waals surface area contributed by atoms with Crippen molar-refractivity contribution in [3.05, 3.63) is 71.3 Å². The van der Waals surface area contributed by atoms with Crippen molar-refractivity contribution >= 4 is 0 Å². The molecule has 1 atom stereocenters. The molecule has 0 amide bonds. The Hall–Kier alpha value is -2.47. The Kier molecular flexibility index (Phi) is 3.77. The van der Waals surface area contributed by atoms with E-state index in [2.05, 4.69) is 10.1 Å². The largest absolute Gasteiger partial charge is 0.380 e. The zero-order valence-electron chi connectivity index (χ0n) is 12.4. The van der Waals surface area contributed by atoms with Crippen LogP contribution >= 0.6 is 0 Å². The molecule has 0 radical (unpaired) electrons. The van der Waals surface area contributed by atoms with E-state index in [4.69, 9.17) is 0 Å². The second-order valence-corrected chi connectivity index (χ2v) is 5.30. The first-order chi connectivity index (χ1) is 10.5. The van der Waals surface area contributed by atoms with Gasteiger partial charge in [0.15, 0.2) is 0 Å². The van der Waals surface area contributed by atoms with Gasteiger partial charge in [0.05, 0.1) is 12.2 Å². The van der Waals surface area contributed by atoms with Crippen molar-refractivity contribution in [2.24, 2.45) is 7.05 Å². The zero-order chi connectivity index (χ0) is 15.7. The molecule has 0 aliphatic carbocycles. The molecule has 3 aromatic rings. The van der Waals surface area contributed by atoms with Crippen molar-refractivity contribution in [3.63, 3.8) is 0 Å². The third-order valence-corrected chi connectivity index (χ3v) is 3.61. The Balaban J connectivity index is 1.88. The average Bonchev–Trinajstić information content (AvgIpc) is 3.06. The number of imidazole rings is 1.